The second kappa shape index (κ2) is 8.75. The lowest BCUT2D eigenvalue weighted by Crippen LogP contribution is -2.31. The molecule has 0 saturated carbocycles. The van der Waals surface area contributed by atoms with Gasteiger partial charge in [0.15, 0.2) is 11.5 Å². The maximum atomic E-state index is 12.9. The summed E-state index contributed by atoms with van der Waals surface area (Å²) in [5, 5.41) is 19.4. The van der Waals surface area contributed by atoms with E-state index in [-0.39, 0.29) is 17.9 Å². The highest BCUT2D eigenvalue weighted by molar-refractivity contribution is 6.15. The number of aliphatic hydroxyl groups is 2. The first-order chi connectivity index (χ1) is 13.6. The molecule has 1 aliphatic rings. The molecule has 2 heterocycles. The van der Waals surface area contributed by atoms with Crippen molar-refractivity contribution in [2.45, 2.75) is 25.8 Å². The Balaban J connectivity index is 2.00. The van der Waals surface area contributed by atoms with Gasteiger partial charge in [0.05, 0.1) is 24.5 Å². The van der Waals surface area contributed by atoms with Crippen LogP contribution in [0.2, 0.25) is 0 Å². The van der Waals surface area contributed by atoms with Crippen molar-refractivity contribution in [2.24, 2.45) is 0 Å². The minimum Gasteiger partial charge on any atom is -0.503 e. The van der Waals surface area contributed by atoms with Crippen LogP contribution in [0.3, 0.4) is 0 Å². The fraction of sp³-hybridized carbons (Fsp3) is 0.333. The molecule has 0 fully saturated rings. The monoisotopic (exact) mass is 385 g/mol. The average Bonchev–Trinajstić information content (AvgIpc) is 3.31. The molecule has 7 heteroatoms. The van der Waals surface area contributed by atoms with Crippen LogP contribution >= 0.6 is 0 Å². The lowest BCUT2D eigenvalue weighted by molar-refractivity contribution is -0.129. The van der Waals surface area contributed by atoms with Crippen LogP contribution in [0.25, 0.3) is 0 Å². The molecule has 0 bridgehead atoms. The Morgan fingerprint density at radius 1 is 1.29 bits per heavy atom. The van der Waals surface area contributed by atoms with Crippen LogP contribution in [0, 0.1) is 0 Å². The third-order valence-electron chi connectivity index (χ3n) is 4.50. The predicted molar refractivity (Wildman–Crippen MR) is 101 cm³/mol. The van der Waals surface area contributed by atoms with Gasteiger partial charge in [0.2, 0.25) is 5.78 Å². The standard InChI is InChI=1S/C21H23NO6/c1-2-9-22-18(14-6-3-7-15(13-14)27-12-5-10-23)17(20(25)21(22)26)19(24)16-8-4-11-28-16/h3-4,6-8,11,13,18,23,25H,2,5,9-10,12H2,1H3. The minimum absolute atomic E-state index is 0.000841. The number of Topliss-reactive ketones (excluding diaryl/α,β-unsaturated/α-hetero) is 1. The quantitative estimate of drug-likeness (QED) is 0.508. The summed E-state index contributed by atoms with van der Waals surface area (Å²) in [5.41, 5.74) is 0.656. The van der Waals surface area contributed by atoms with E-state index in [4.69, 9.17) is 14.3 Å². The maximum absolute atomic E-state index is 12.9. The fourth-order valence-corrected chi connectivity index (χ4v) is 3.27. The molecule has 1 amide bonds. The minimum atomic E-state index is -0.730. The largest absolute Gasteiger partial charge is 0.503 e. The first kappa shape index (κ1) is 19.7. The number of benzene rings is 1. The highest BCUT2D eigenvalue weighted by Crippen LogP contribution is 2.39. The maximum Gasteiger partial charge on any atom is 0.290 e. The van der Waals surface area contributed by atoms with Crippen LogP contribution in [0.1, 0.15) is 41.9 Å². The molecule has 0 spiro atoms. The zero-order valence-electron chi connectivity index (χ0n) is 15.6. The number of ether oxygens (including phenoxy) is 1. The number of ketones is 1. The molecule has 7 nitrogen and oxygen atoms in total. The van der Waals surface area contributed by atoms with Gasteiger partial charge in [0, 0.05) is 19.6 Å². The second-order valence-corrected chi connectivity index (χ2v) is 6.47. The smallest absolute Gasteiger partial charge is 0.290 e. The summed E-state index contributed by atoms with van der Waals surface area (Å²) in [6.45, 7) is 2.68. The number of aliphatic hydroxyl groups excluding tert-OH is 2. The number of hydrogen-bond donors (Lipinski definition) is 2. The van der Waals surface area contributed by atoms with Crippen LogP contribution in [0.5, 0.6) is 5.75 Å². The second-order valence-electron chi connectivity index (χ2n) is 6.47. The van der Waals surface area contributed by atoms with Crippen LogP contribution in [-0.2, 0) is 4.79 Å². The Bertz CT molecular complexity index is 871. The highest BCUT2D eigenvalue weighted by Gasteiger charge is 2.44. The van der Waals surface area contributed by atoms with Crippen molar-refractivity contribution in [2.75, 3.05) is 19.8 Å². The summed E-state index contributed by atoms with van der Waals surface area (Å²) < 4.78 is 10.8. The van der Waals surface area contributed by atoms with E-state index in [0.29, 0.717) is 37.3 Å². The summed E-state index contributed by atoms with van der Waals surface area (Å²) in [6, 6.07) is 9.41. The van der Waals surface area contributed by atoms with Crippen LogP contribution in [0.15, 0.2) is 58.4 Å². The van der Waals surface area contributed by atoms with E-state index in [1.165, 1.54) is 17.2 Å². The van der Waals surface area contributed by atoms with Gasteiger partial charge < -0.3 is 24.3 Å². The third kappa shape index (κ3) is 3.80. The lowest BCUT2D eigenvalue weighted by atomic mass is 9.95. The van der Waals surface area contributed by atoms with E-state index in [2.05, 4.69) is 0 Å². The van der Waals surface area contributed by atoms with Crippen LogP contribution in [0.4, 0.5) is 0 Å². The van der Waals surface area contributed by atoms with E-state index < -0.39 is 23.5 Å². The van der Waals surface area contributed by atoms with Gasteiger partial charge in [-0.1, -0.05) is 19.1 Å². The number of carbonyl (C=O) groups is 2. The SMILES string of the molecule is CCCN1C(=O)C(O)=C(C(=O)c2ccco2)C1c1cccc(OCCCO)c1. The van der Waals surface area contributed by atoms with Crippen molar-refractivity contribution >= 4 is 11.7 Å². The van der Waals surface area contributed by atoms with E-state index >= 15 is 0 Å². The Morgan fingerprint density at radius 2 is 2.11 bits per heavy atom. The first-order valence-corrected chi connectivity index (χ1v) is 9.24. The summed E-state index contributed by atoms with van der Waals surface area (Å²) in [6.07, 6.45) is 2.54. The number of nitrogens with zero attached hydrogens (tertiary/aromatic N) is 1. The lowest BCUT2D eigenvalue weighted by Gasteiger charge is -2.26. The van der Waals surface area contributed by atoms with Crippen molar-refractivity contribution in [3.8, 4) is 5.75 Å². The zero-order chi connectivity index (χ0) is 20.1. The van der Waals surface area contributed by atoms with Gasteiger partial charge in [-0.3, -0.25) is 9.59 Å². The van der Waals surface area contributed by atoms with Crippen molar-refractivity contribution < 1.29 is 29.0 Å². The van der Waals surface area contributed by atoms with Crippen molar-refractivity contribution in [1.82, 2.24) is 4.90 Å². The van der Waals surface area contributed by atoms with E-state index in [9.17, 15) is 14.7 Å². The number of furan rings is 1. The zero-order valence-corrected chi connectivity index (χ0v) is 15.6. The van der Waals surface area contributed by atoms with Gasteiger partial charge in [-0.25, -0.2) is 0 Å². The van der Waals surface area contributed by atoms with Gasteiger partial charge in [-0.05, 0) is 36.2 Å². The third-order valence-corrected chi connectivity index (χ3v) is 4.50. The van der Waals surface area contributed by atoms with Crippen molar-refractivity contribution in [3.63, 3.8) is 0 Å². The van der Waals surface area contributed by atoms with E-state index in [1.54, 1.807) is 30.3 Å². The normalized spacial score (nSPS) is 16.7. The number of rotatable bonds is 9. The summed E-state index contributed by atoms with van der Waals surface area (Å²) in [4.78, 5) is 27.1. The molecule has 1 atom stereocenters. The topological polar surface area (TPSA) is 100 Å². The van der Waals surface area contributed by atoms with Gasteiger partial charge in [-0.15, -0.1) is 0 Å². The summed E-state index contributed by atoms with van der Waals surface area (Å²) >= 11 is 0. The van der Waals surface area contributed by atoms with Crippen LogP contribution < -0.4 is 4.74 Å². The molecule has 148 valence electrons. The molecule has 0 saturated heterocycles. The van der Waals surface area contributed by atoms with E-state index in [1.807, 2.05) is 6.92 Å². The molecule has 0 aliphatic carbocycles. The number of carbonyl (C=O) groups excluding carboxylic acids is 2. The fourth-order valence-electron chi connectivity index (χ4n) is 3.27. The molecular weight excluding hydrogens is 362 g/mol. The molecule has 1 unspecified atom stereocenters. The van der Waals surface area contributed by atoms with Gasteiger partial charge >= 0.3 is 0 Å². The van der Waals surface area contributed by atoms with Gasteiger partial charge in [-0.2, -0.15) is 0 Å². The molecule has 3 rings (SSSR count). The number of hydrogen-bond acceptors (Lipinski definition) is 6. The predicted octanol–water partition coefficient (Wildman–Crippen LogP) is 3.03. The Hall–Kier alpha value is -3.06. The van der Waals surface area contributed by atoms with Crippen LogP contribution in [-0.4, -0.2) is 46.6 Å². The van der Waals surface area contributed by atoms with Gasteiger partial charge in [0.1, 0.15) is 5.75 Å². The highest BCUT2D eigenvalue weighted by atomic mass is 16.5. The molecule has 2 aromatic rings. The first-order valence-electron chi connectivity index (χ1n) is 9.24. The number of amides is 1. The summed E-state index contributed by atoms with van der Waals surface area (Å²) in [7, 11) is 0. The van der Waals surface area contributed by atoms with Crippen molar-refractivity contribution in [3.05, 3.63) is 65.3 Å². The van der Waals surface area contributed by atoms with E-state index in [0.717, 1.165) is 0 Å². The van der Waals surface area contributed by atoms with Gasteiger partial charge in [0.25, 0.3) is 5.91 Å². The Labute approximate surface area is 162 Å². The Kier molecular flexibility index (Phi) is 6.16. The molecule has 2 N–H and O–H groups in total. The molecule has 28 heavy (non-hydrogen) atoms. The molecule has 1 aromatic heterocycles. The molecule has 0 radical (unpaired) electrons. The molecular formula is C21H23NO6. The Morgan fingerprint density at radius 3 is 2.79 bits per heavy atom. The summed E-state index contributed by atoms with van der Waals surface area (Å²) in [5.74, 6) is -1.02. The average molecular weight is 385 g/mol. The molecule has 1 aromatic carbocycles. The van der Waals surface area contributed by atoms with Crippen molar-refractivity contribution in [1.29, 1.82) is 0 Å². The molecule has 1 aliphatic heterocycles.